The number of rotatable bonds is 6. The fraction of sp³-hybridized carbons (Fsp3) is 0.333. The van der Waals surface area contributed by atoms with E-state index >= 15 is 0 Å². The van der Waals surface area contributed by atoms with Crippen LogP contribution in [0.1, 0.15) is 36.5 Å². The summed E-state index contributed by atoms with van der Waals surface area (Å²) in [6.07, 6.45) is 0. The van der Waals surface area contributed by atoms with E-state index in [4.69, 9.17) is 16.3 Å². The topological polar surface area (TPSA) is 21.3 Å². The van der Waals surface area contributed by atoms with Crippen LogP contribution in [0.4, 0.5) is 0 Å². The first-order valence-electron chi connectivity index (χ1n) is 7.25. The third-order valence-corrected chi connectivity index (χ3v) is 3.71. The third-order valence-electron chi connectivity index (χ3n) is 3.42. The summed E-state index contributed by atoms with van der Waals surface area (Å²) in [5, 5.41) is 3.76. The Labute approximate surface area is 132 Å². The highest BCUT2D eigenvalue weighted by Gasteiger charge is 2.04. The van der Waals surface area contributed by atoms with E-state index in [9.17, 15) is 0 Å². The van der Waals surface area contributed by atoms with Gasteiger partial charge in [-0.05, 0) is 41.8 Å². The Morgan fingerprint density at radius 1 is 1.05 bits per heavy atom. The smallest absolute Gasteiger partial charge is 0.138 e. The van der Waals surface area contributed by atoms with Crippen molar-refractivity contribution >= 4 is 11.6 Å². The molecule has 0 fully saturated rings. The van der Waals surface area contributed by atoms with Crippen molar-refractivity contribution in [1.82, 2.24) is 5.32 Å². The van der Waals surface area contributed by atoms with Crippen LogP contribution < -0.4 is 10.1 Å². The summed E-state index contributed by atoms with van der Waals surface area (Å²) in [4.78, 5) is 0. The van der Waals surface area contributed by atoms with Crippen LogP contribution in [-0.2, 0) is 13.2 Å². The normalized spacial score (nSPS) is 10.9. The van der Waals surface area contributed by atoms with E-state index in [2.05, 4.69) is 43.4 Å². The predicted octanol–water partition coefficient (Wildman–Crippen LogP) is 4.76. The highest BCUT2D eigenvalue weighted by atomic mass is 35.5. The first-order chi connectivity index (χ1) is 10.1. The molecule has 0 amide bonds. The maximum Gasteiger partial charge on any atom is 0.138 e. The van der Waals surface area contributed by atoms with Crippen molar-refractivity contribution in [3.63, 3.8) is 0 Å². The quantitative estimate of drug-likeness (QED) is 0.830. The highest BCUT2D eigenvalue weighted by molar-refractivity contribution is 6.32. The Morgan fingerprint density at radius 2 is 1.71 bits per heavy atom. The van der Waals surface area contributed by atoms with Gasteiger partial charge < -0.3 is 10.1 Å². The van der Waals surface area contributed by atoms with Gasteiger partial charge in [-0.25, -0.2) is 0 Å². The number of benzene rings is 2. The van der Waals surface area contributed by atoms with Crippen LogP contribution in [0, 0.1) is 0 Å². The van der Waals surface area contributed by atoms with Crippen molar-refractivity contribution in [2.24, 2.45) is 0 Å². The molecule has 0 spiro atoms. The fourth-order valence-electron chi connectivity index (χ4n) is 2.14. The summed E-state index contributed by atoms with van der Waals surface area (Å²) < 4.78 is 5.80. The number of hydrogen-bond donors (Lipinski definition) is 1. The van der Waals surface area contributed by atoms with Crippen molar-refractivity contribution in [3.8, 4) is 5.75 Å². The largest absolute Gasteiger partial charge is 0.487 e. The van der Waals surface area contributed by atoms with Gasteiger partial charge in [0.2, 0.25) is 0 Å². The zero-order chi connectivity index (χ0) is 15.2. The maximum atomic E-state index is 6.25. The molecule has 3 heteroatoms. The fourth-order valence-corrected chi connectivity index (χ4v) is 2.39. The van der Waals surface area contributed by atoms with Gasteiger partial charge in [-0.3, -0.25) is 0 Å². The molecule has 0 saturated carbocycles. The van der Waals surface area contributed by atoms with Crippen LogP contribution in [-0.4, -0.2) is 7.05 Å². The lowest BCUT2D eigenvalue weighted by Gasteiger charge is -2.11. The molecule has 0 heterocycles. The predicted molar refractivity (Wildman–Crippen MR) is 89.1 cm³/mol. The molecule has 0 aliphatic heterocycles. The Bertz CT molecular complexity index is 578. The summed E-state index contributed by atoms with van der Waals surface area (Å²) in [5.74, 6) is 1.28. The Balaban J connectivity index is 1.99. The minimum Gasteiger partial charge on any atom is -0.487 e. The average molecular weight is 304 g/mol. The average Bonchev–Trinajstić information content (AvgIpc) is 2.47. The molecule has 2 nitrogen and oxygen atoms in total. The number of hydrogen-bond acceptors (Lipinski definition) is 2. The summed E-state index contributed by atoms with van der Waals surface area (Å²) in [6, 6.07) is 14.4. The molecule has 1 N–H and O–H groups in total. The second kappa shape index (κ2) is 7.48. The van der Waals surface area contributed by atoms with Crippen LogP contribution in [0.15, 0.2) is 42.5 Å². The SMILES string of the molecule is CNCc1ccc(OCc2ccc(C(C)C)cc2)c(Cl)c1. The molecular weight excluding hydrogens is 282 g/mol. The molecule has 0 atom stereocenters. The lowest BCUT2D eigenvalue weighted by atomic mass is 10.0. The highest BCUT2D eigenvalue weighted by Crippen LogP contribution is 2.26. The van der Waals surface area contributed by atoms with Crippen molar-refractivity contribution in [2.45, 2.75) is 32.9 Å². The first kappa shape index (κ1) is 15.9. The molecule has 0 aliphatic rings. The lowest BCUT2D eigenvalue weighted by molar-refractivity contribution is 0.306. The molecule has 2 aromatic carbocycles. The Kier molecular flexibility index (Phi) is 5.66. The van der Waals surface area contributed by atoms with E-state index in [1.807, 2.05) is 25.2 Å². The van der Waals surface area contributed by atoms with Gasteiger partial charge in [0.25, 0.3) is 0 Å². The van der Waals surface area contributed by atoms with Crippen LogP contribution >= 0.6 is 11.6 Å². The minimum absolute atomic E-state index is 0.531. The van der Waals surface area contributed by atoms with Crippen LogP contribution in [0.5, 0.6) is 5.75 Å². The van der Waals surface area contributed by atoms with E-state index < -0.39 is 0 Å². The van der Waals surface area contributed by atoms with E-state index in [1.54, 1.807) is 0 Å². The van der Waals surface area contributed by atoms with Crippen LogP contribution in [0.3, 0.4) is 0 Å². The van der Waals surface area contributed by atoms with Gasteiger partial charge in [-0.2, -0.15) is 0 Å². The molecule has 21 heavy (non-hydrogen) atoms. The van der Waals surface area contributed by atoms with E-state index in [0.29, 0.717) is 17.5 Å². The molecule has 2 aromatic rings. The second-order valence-electron chi connectivity index (χ2n) is 5.48. The van der Waals surface area contributed by atoms with Gasteiger partial charge >= 0.3 is 0 Å². The molecule has 0 radical (unpaired) electrons. The summed E-state index contributed by atoms with van der Waals surface area (Å²) in [6.45, 7) is 5.72. The summed E-state index contributed by atoms with van der Waals surface area (Å²) in [7, 11) is 1.92. The van der Waals surface area contributed by atoms with Crippen molar-refractivity contribution < 1.29 is 4.74 Å². The number of halogens is 1. The van der Waals surface area contributed by atoms with Crippen molar-refractivity contribution in [2.75, 3.05) is 7.05 Å². The van der Waals surface area contributed by atoms with Crippen molar-refractivity contribution in [1.29, 1.82) is 0 Å². The molecule has 112 valence electrons. The maximum absolute atomic E-state index is 6.25. The molecule has 0 bridgehead atoms. The van der Waals surface area contributed by atoms with Crippen LogP contribution in [0.25, 0.3) is 0 Å². The second-order valence-corrected chi connectivity index (χ2v) is 5.89. The monoisotopic (exact) mass is 303 g/mol. The summed E-state index contributed by atoms with van der Waals surface area (Å²) >= 11 is 6.25. The lowest BCUT2D eigenvalue weighted by Crippen LogP contribution is -2.05. The molecule has 0 saturated heterocycles. The van der Waals surface area contributed by atoms with E-state index in [1.165, 1.54) is 5.56 Å². The molecule has 0 aromatic heterocycles. The molecule has 2 rings (SSSR count). The summed E-state index contributed by atoms with van der Waals surface area (Å²) in [5.41, 5.74) is 3.64. The standard InChI is InChI=1S/C18H22ClNO/c1-13(2)16-7-4-14(5-8-16)12-21-18-9-6-15(11-20-3)10-17(18)19/h4-10,13,20H,11-12H2,1-3H3. The zero-order valence-corrected chi connectivity index (χ0v) is 13.6. The van der Waals surface area contributed by atoms with Gasteiger partial charge in [-0.15, -0.1) is 0 Å². The number of ether oxygens (including phenoxy) is 1. The third kappa shape index (κ3) is 4.48. The van der Waals surface area contributed by atoms with Gasteiger partial charge in [0, 0.05) is 6.54 Å². The Hall–Kier alpha value is -1.51. The van der Waals surface area contributed by atoms with Gasteiger partial charge in [0.1, 0.15) is 12.4 Å². The van der Waals surface area contributed by atoms with Crippen LogP contribution in [0.2, 0.25) is 5.02 Å². The first-order valence-corrected chi connectivity index (χ1v) is 7.62. The molecule has 0 unspecified atom stereocenters. The van der Waals surface area contributed by atoms with Gasteiger partial charge in [0.15, 0.2) is 0 Å². The van der Waals surface area contributed by atoms with E-state index in [-0.39, 0.29) is 0 Å². The van der Waals surface area contributed by atoms with E-state index in [0.717, 1.165) is 23.4 Å². The Morgan fingerprint density at radius 3 is 2.29 bits per heavy atom. The van der Waals surface area contributed by atoms with Gasteiger partial charge in [-0.1, -0.05) is 55.8 Å². The number of nitrogens with one attached hydrogen (secondary N) is 1. The molecule has 0 aliphatic carbocycles. The van der Waals surface area contributed by atoms with Crippen molar-refractivity contribution in [3.05, 3.63) is 64.2 Å². The zero-order valence-electron chi connectivity index (χ0n) is 12.8. The minimum atomic E-state index is 0.531. The molecular formula is C18H22ClNO. The van der Waals surface area contributed by atoms with Gasteiger partial charge in [0.05, 0.1) is 5.02 Å².